The zero-order valence-corrected chi connectivity index (χ0v) is 19.9. The van der Waals surface area contributed by atoms with Crippen molar-refractivity contribution < 1.29 is 9.59 Å². The van der Waals surface area contributed by atoms with Gasteiger partial charge in [-0.3, -0.25) is 19.2 Å². The third kappa shape index (κ3) is 4.23. The average molecular weight is 465 g/mol. The molecule has 176 valence electrons. The number of hydrogen-bond acceptors (Lipinski definition) is 3. The molecule has 2 heterocycles. The van der Waals surface area contributed by atoms with Crippen molar-refractivity contribution >= 4 is 17.5 Å². The highest BCUT2D eigenvalue weighted by molar-refractivity contribution is 6.12. The van der Waals surface area contributed by atoms with Crippen LogP contribution in [0, 0.1) is 0 Å². The number of hydrogen-bond donors (Lipinski definition) is 1. The number of aromatic nitrogens is 2. The normalized spacial score (nSPS) is 17.2. The zero-order valence-electron chi connectivity index (χ0n) is 19.9. The molecule has 0 saturated heterocycles. The lowest BCUT2D eigenvalue weighted by atomic mass is 9.93. The summed E-state index contributed by atoms with van der Waals surface area (Å²) in [6, 6.07) is 29.2. The Bertz CT molecular complexity index is 1360. The molecule has 0 aliphatic carbocycles. The second-order valence-corrected chi connectivity index (χ2v) is 9.04. The molecule has 1 aliphatic heterocycles. The van der Waals surface area contributed by atoms with Gasteiger partial charge in [-0.2, -0.15) is 5.10 Å². The Labute approximate surface area is 205 Å². The van der Waals surface area contributed by atoms with E-state index in [9.17, 15) is 9.59 Å². The lowest BCUT2D eigenvalue weighted by molar-refractivity contribution is -0.126. The summed E-state index contributed by atoms with van der Waals surface area (Å²) in [6.45, 7) is 4.52. The highest BCUT2D eigenvalue weighted by atomic mass is 16.2. The lowest BCUT2D eigenvalue weighted by Gasteiger charge is -2.43. The van der Waals surface area contributed by atoms with Crippen LogP contribution in [0.2, 0.25) is 0 Å². The van der Waals surface area contributed by atoms with E-state index in [1.54, 1.807) is 9.58 Å². The monoisotopic (exact) mass is 464 g/mol. The van der Waals surface area contributed by atoms with Gasteiger partial charge in [0.1, 0.15) is 11.2 Å². The number of carbonyl (C=O) groups is 2. The number of carbonyl (C=O) groups excluding carboxylic acids is 2. The fourth-order valence-electron chi connectivity index (χ4n) is 4.62. The molecular formula is C29H28N4O2. The van der Waals surface area contributed by atoms with Gasteiger partial charge in [0.25, 0.3) is 5.91 Å². The highest BCUT2D eigenvalue weighted by Crippen LogP contribution is 2.34. The maximum atomic E-state index is 13.9. The first-order chi connectivity index (χ1) is 17.0. The van der Waals surface area contributed by atoms with Crippen LogP contribution >= 0.6 is 0 Å². The molecule has 0 spiro atoms. The molecule has 35 heavy (non-hydrogen) atoms. The van der Waals surface area contributed by atoms with Crippen LogP contribution in [0.3, 0.4) is 0 Å². The van der Waals surface area contributed by atoms with Gasteiger partial charge in [-0.1, -0.05) is 79.7 Å². The summed E-state index contributed by atoms with van der Waals surface area (Å²) >= 11 is 0. The summed E-state index contributed by atoms with van der Waals surface area (Å²) in [5.74, 6) is -0.462. The standard InChI is InChI=1S/C29H28N4O2/c1-3-21-13-10-16-24(17-21)33-27(34)26-18-25(23-14-8-5-9-15-23)31-32(26)20-29(33,2)28(35)30-19-22-11-6-4-7-12-22/h4-18H,3,19-20H2,1-2H3,(H,30,35). The number of nitrogens with zero attached hydrogens (tertiary/aromatic N) is 3. The molecule has 1 atom stereocenters. The predicted octanol–water partition coefficient (Wildman–Crippen LogP) is 4.85. The van der Waals surface area contributed by atoms with Crippen LogP contribution in [0.15, 0.2) is 91.0 Å². The minimum absolute atomic E-state index is 0.223. The molecule has 1 aromatic heterocycles. The first-order valence-electron chi connectivity index (χ1n) is 11.9. The molecule has 6 heteroatoms. The first kappa shape index (κ1) is 22.6. The number of aryl methyl sites for hydroxylation is 1. The summed E-state index contributed by atoms with van der Waals surface area (Å²) in [7, 11) is 0. The molecule has 1 aliphatic rings. The van der Waals surface area contributed by atoms with Crippen LogP contribution in [-0.4, -0.2) is 27.1 Å². The largest absolute Gasteiger partial charge is 0.350 e. The van der Waals surface area contributed by atoms with Crippen LogP contribution in [0.4, 0.5) is 5.69 Å². The van der Waals surface area contributed by atoms with Crippen LogP contribution in [0.1, 0.15) is 35.5 Å². The zero-order chi connectivity index (χ0) is 24.4. The minimum Gasteiger partial charge on any atom is -0.350 e. The Morgan fingerprint density at radius 3 is 2.34 bits per heavy atom. The third-order valence-electron chi connectivity index (χ3n) is 6.58. The lowest BCUT2D eigenvalue weighted by Crippen LogP contribution is -2.64. The van der Waals surface area contributed by atoms with Crippen molar-refractivity contribution in [1.29, 1.82) is 0 Å². The number of anilines is 1. The molecule has 0 saturated carbocycles. The van der Waals surface area contributed by atoms with Gasteiger partial charge in [-0.15, -0.1) is 0 Å². The van der Waals surface area contributed by atoms with E-state index in [-0.39, 0.29) is 18.4 Å². The quantitative estimate of drug-likeness (QED) is 0.444. The van der Waals surface area contributed by atoms with Crippen molar-refractivity contribution in [3.05, 3.63) is 108 Å². The molecular weight excluding hydrogens is 436 g/mol. The van der Waals surface area contributed by atoms with Crippen molar-refractivity contribution in [2.45, 2.75) is 38.9 Å². The molecule has 1 unspecified atom stereocenters. The fraction of sp³-hybridized carbons (Fsp3) is 0.207. The van der Waals surface area contributed by atoms with Crippen molar-refractivity contribution in [2.75, 3.05) is 4.90 Å². The summed E-state index contributed by atoms with van der Waals surface area (Å²) in [6.07, 6.45) is 0.836. The molecule has 0 bridgehead atoms. The van der Waals surface area contributed by atoms with Crippen LogP contribution in [0.25, 0.3) is 11.3 Å². The molecule has 0 radical (unpaired) electrons. The SMILES string of the molecule is CCc1cccc(N2C(=O)c3cc(-c4ccccc4)nn3CC2(C)C(=O)NCc2ccccc2)c1. The Hall–Kier alpha value is -4.19. The van der Waals surface area contributed by atoms with E-state index >= 15 is 0 Å². The Morgan fingerprint density at radius 1 is 0.943 bits per heavy atom. The summed E-state index contributed by atoms with van der Waals surface area (Å²) in [5.41, 5.74) is 3.76. The van der Waals surface area contributed by atoms with Crippen molar-refractivity contribution in [3.63, 3.8) is 0 Å². The van der Waals surface area contributed by atoms with Crippen LogP contribution < -0.4 is 10.2 Å². The molecule has 3 aromatic carbocycles. The van der Waals surface area contributed by atoms with Crippen molar-refractivity contribution in [1.82, 2.24) is 15.1 Å². The van der Waals surface area contributed by atoms with Crippen LogP contribution in [0.5, 0.6) is 0 Å². The second kappa shape index (κ2) is 9.22. The van der Waals surface area contributed by atoms with Crippen LogP contribution in [-0.2, 0) is 24.3 Å². The predicted molar refractivity (Wildman–Crippen MR) is 137 cm³/mol. The van der Waals surface area contributed by atoms with E-state index < -0.39 is 5.54 Å². The Kier molecular flexibility index (Phi) is 5.95. The van der Waals surface area contributed by atoms with Gasteiger partial charge in [-0.05, 0) is 42.7 Å². The van der Waals surface area contributed by atoms with E-state index in [0.29, 0.717) is 23.6 Å². The maximum absolute atomic E-state index is 13.9. The number of benzene rings is 3. The van der Waals surface area contributed by atoms with Crippen molar-refractivity contribution in [3.8, 4) is 11.3 Å². The van der Waals surface area contributed by atoms with Gasteiger partial charge < -0.3 is 5.32 Å². The summed E-state index contributed by atoms with van der Waals surface area (Å²) in [5, 5.41) is 7.77. The Balaban J connectivity index is 1.56. The topological polar surface area (TPSA) is 67.2 Å². The van der Waals surface area contributed by atoms with E-state index in [0.717, 1.165) is 23.1 Å². The average Bonchev–Trinajstić information content (AvgIpc) is 3.32. The highest BCUT2D eigenvalue weighted by Gasteiger charge is 2.48. The second-order valence-electron chi connectivity index (χ2n) is 9.04. The van der Waals surface area contributed by atoms with E-state index in [4.69, 9.17) is 5.10 Å². The molecule has 2 amide bonds. The summed E-state index contributed by atoms with van der Waals surface area (Å²) < 4.78 is 1.67. The van der Waals surface area contributed by atoms with E-state index in [2.05, 4.69) is 12.2 Å². The van der Waals surface area contributed by atoms with Gasteiger partial charge in [0.15, 0.2) is 0 Å². The van der Waals surface area contributed by atoms with Gasteiger partial charge in [0, 0.05) is 17.8 Å². The van der Waals surface area contributed by atoms with Gasteiger partial charge in [-0.25, -0.2) is 0 Å². The summed E-state index contributed by atoms with van der Waals surface area (Å²) in [4.78, 5) is 29.3. The number of amides is 2. The van der Waals surface area contributed by atoms with Gasteiger partial charge in [0.05, 0.1) is 12.2 Å². The smallest absolute Gasteiger partial charge is 0.277 e. The van der Waals surface area contributed by atoms with Crippen molar-refractivity contribution in [2.24, 2.45) is 0 Å². The molecule has 5 rings (SSSR count). The molecule has 4 aromatic rings. The molecule has 6 nitrogen and oxygen atoms in total. The fourth-order valence-corrected chi connectivity index (χ4v) is 4.62. The minimum atomic E-state index is -1.16. The number of rotatable bonds is 6. The molecule has 1 N–H and O–H groups in total. The first-order valence-corrected chi connectivity index (χ1v) is 11.9. The maximum Gasteiger partial charge on any atom is 0.277 e. The number of fused-ring (bicyclic) bond motifs is 1. The molecule has 0 fully saturated rings. The third-order valence-corrected chi connectivity index (χ3v) is 6.58. The van der Waals surface area contributed by atoms with Gasteiger partial charge >= 0.3 is 0 Å². The van der Waals surface area contributed by atoms with E-state index in [1.165, 1.54) is 0 Å². The Morgan fingerprint density at radius 2 is 1.63 bits per heavy atom. The number of nitrogens with one attached hydrogen (secondary N) is 1. The van der Waals surface area contributed by atoms with Gasteiger partial charge in [0.2, 0.25) is 5.91 Å². The van der Waals surface area contributed by atoms with E-state index in [1.807, 2.05) is 97.9 Å².